The van der Waals surface area contributed by atoms with E-state index in [1.54, 1.807) is 35.2 Å². The standard InChI is InChI=1S/C30H25Cl2N3O3S/c31-24-12-9-22(10-13-24)29(21-5-2-1-3-6-21)33-15-17-34(18-16-33)30(36)23-11-14-28(27(19-23)35(37)38)39-26-8-4-7-25(32)20-26/h1-14,19-20,29H,15-18H2. The monoisotopic (exact) mass is 577 g/mol. The van der Waals surface area contributed by atoms with Gasteiger partial charge in [0.2, 0.25) is 0 Å². The Kier molecular flexibility index (Phi) is 8.53. The summed E-state index contributed by atoms with van der Waals surface area (Å²) in [4.78, 5) is 30.2. The van der Waals surface area contributed by atoms with Gasteiger partial charge in [-0.15, -0.1) is 0 Å². The number of carbonyl (C=O) groups excluding carboxylic acids is 1. The van der Waals surface area contributed by atoms with E-state index in [0.29, 0.717) is 46.7 Å². The summed E-state index contributed by atoms with van der Waals surface area (Å²) in [5.74, 6) is -0.209. The van der Waals surface area contributed by atoms with E-state index in [4.69, 9.17) is 23.2 Å². The molecule has 0 bridgehead atoms. The second-order valence-corrected chi connectivity index (χ2v) is 11.2. The molecule has 1 unspecified atom stereocenters. The normalized spacial score (nSPS) is 14.7. The molecule has 0 aromatic heterocycles. The van der Waals surface area contributed by atoms with Gasteiger partial charge in [-0.2, -0.15) is 0 Å². The van der Waals surface area contributed by atoms with E-state index in [1.165, 1.54) is 23.4 Å². The largest absolute Gasteiger partial charge is 0.336 e. The summed E-state index contributed by atoms with van der Waals surface area (Å²) in [6.07, 6.45) is 0. The Labute approximate surface area is 241 Å². The Morgan fingerprint density at radius 3 is 2.15 bits per heavy atom. The zero-order valence-electron chi connectivity index (χ0n) is 20.9. The fourth-order valence-electron chi connectivity index (χ4n) is 4.80. The molecule has 39 heavy (non-hydrogen) atoms. The van der Waals surface area contributed by atoms with Crippen molar-refractivity contribution in [2.75, 3.05) is 26.2 Å². The molecule has 6 nitrogen and oxygen atoms in total. The molecule has 0 saturated carbocycles. The van der Waals surface area contributed by atoms with E-state index in [9.17, 15) is 14.9 Å². The fourth-order valence-corrected chi connectivity index (χ4v) is 6.14. The molecule has 198 valence electrons. The van der Waals surface area contributed by atoms with Crippen molar-refractivity contribution in [1.29, 1.82) is 0 Å². The van der Waals surface area contributed by atoms with Gasteiger partial charge in [-0.05, 0) is 53.6 Å². The Morgan fingerprint density at radius 2 is 1.49 bits per heavy atom. The van der Waals surface area contributed by atoms with Crippen LogP contribution >= 0.6 is 35.0 Å². The Balaban J connectivity index is 1.32. The molecule has 0 N–H and O–H groups in total. The van der Waals surface area contributed by atoms with Crippen LogP contribution in [0.4, 0.5) is 5.69 Å². The number of hydrogen-bond acceptors (Lipinski definition) is 5. The predicted octanol–water partition coefficient (Wildman–Crippen LogP) is 7.60. The van der Waals surface area contributed by atoms with Gasteiger partial charge < -0.3 is 4.90 Å². The van der Waals surface area contributed by atoms with Gasteiger partial charge in [-0.1, -0.05) is 83.5 Å². The molecule has 5 rings (SSSR count). The number of nitrogens with zero attached hydrogens (tertiary/aromatic N) is 3. The van der Waals surface area contributed by atoms with Crippen LogP contribution in [-0.4, -0.2) is 46.8 Å². The number of nitro benzene ring substituents is 1. The highest BCUT2D eigenvalue weighted by atomic mass is 35.5. The summed E-state index contributed by atoms with van der Waals surface area (Å²) in [5, 5.41) is 13.1. The molecule has 0 spiro atoms. The number of rotatable bonds is 7. The van der Waals surface area contributed by atoms with Gasteiger partial charge in [0.1, 0.15) is 0 Å². The number of benzene rings is 4. The number of nitro groups is 1. The number of halogens is 2. The van der Waals surface area contributed by atoms with Gasteiger partial charge in [-0.25, -0.2) is 0 Å². The quantitative estimate of drug-likeness (QED) is 0.167. The molecule has 0 aliphatic carbocycles. The van der Waals surface area contributed by atoms with Crippen molar-refractivity contribution in [2.24, 2.45) is 0 Å². The molecule has 0 radical (unpaired) electrons. The summed E-state index contributed by atoms with van der Waals surface area (Å²) in [6, 6.07) is 30.0. The van der Waals surface area contributed by atoms with Crippen LogP contribution in [0, 0.1) is 10.1 Å². The van der Waals surface area contributed by atoms with Gasteiger partial charge >= 0.3 is 0 Å². The van der Waals surface area contributed by atoms with Crippen LogP contribution in [0.5, 0.6) is 0 Å². The van der Waals surface area contributed by atoms with E-state index in [-0.39, 0.29) is 17.6 Å². The molecule has 1 aliphatic rings. The molecule has 1 aliphatic heterocycles. The van der Waals surface area contributed by atoms with Crippen LogP contribution in [0.15, 0.2) is 107 Å². The number of carbonyl (C=O) groups is 1. The predicted molar refractivity (Wildman–Crippen MR) is 156 cm³/mol. The zero-order valence-corrected chi connectivity index (χ0v) is 23.2. The molecule has 1 amide bonds. The van der Waals surface area contributed by atoms with E-state index < -0.39 is 4.92 Å². The summed E-state index contributed by atoms with van der Waals surface area (Å²) in [6.45, 7) is 2.36. The molecule has 1 heterocycles. The number of amides is 1. The Morgan fingerprint density at radius 1 is 0.795 bits per heavy atom. The second kappa shape index (κ2) is 12.2. The summed E-state index contributed by atoms with van der Waals surface area (Å²) in [5.41, 5.74) is 2.51. The molecule has 4 aromatic rings. The van der Waals surface area contributed by atoms with Gasteiger partial charge in [-0.3, -0.25) is 19.8 Å². The fraction of sp³-hybridized carbons (Fsp3) is 0.167. The molecule has 1 atom stereocenters. The lowest BCUT2D eigenvalue weighted by atomic mass is 9.96. The van der Waals surface area contributed by atoms with Crippen LogP contribution in [0.1, 0.15) is 27.5 Å². The number of hydrogen-bond donors (Lipinski definition) is 0. The lowest BCUT2D eigenvalue weighted by Crippen LogP contribution is -2.49. The van der Waals surface area contributed by atoms with Crippen LogP contribution in [0.25, 0.3) is 0 Å². The average Bonchev–Trinajstić information content (AvgIpc) is 2.95. The van der Waals surface area contributed by atoms with Crippen LogP contribution in [0.3, 0.4) is 0 Å². The van der Waals surface area contributed by atoms with E-state index >= 15 is 0 Å². The molecular formula is C30H25Cl2N3O3S. The Bertz CT molecular complexity index is 1480. The van der Waals surface area contributed by atoms with Crippen molar-refractivity contribution in [2.45, 2.75) is 15.8 Å². The maximum Gasteiger partial charge on any atom is 0.284 e. The summed E-state index contributed by atoms with van der Waals surface area (Å²) < 4.78 is 0. The second-order valence-electron chi connectivity index (χ2n) is 9.19. The third-order valence-corrected chi connectivity index (χ3v) is 8.24. The minimum atomic E-state index is -0.446. The first kappa shape index (κ1) is 27.2. The van der Waals surface area contributed by atoms with Gasteiger partial charge in [0, 0.05) is 52.7 Å². The third-order valence-electron chi connectivity index (χ3n) is 6.69. The van der Waals surface area contributed by atoms with Crippen molar-refractivity contribution in [3.05, 3.63) is 134 Å². The molecule has 1 fully saturated rings. The van der Waals surface area contributed by atoms with Crippen molar-refractivity contribution < 1.29 is 9.72 Å². The van der Waals surface area contributed by atoms with E-state index in [1.807, 2.05) is 48.5 Å². The lowest BCUT2D eigenvalue weighted by molar-refractivity contribution is -0.387. The highest BCUT2D eigenvalue weighted by Crippen LogP contribution is 2.37. The first-order chi connectivity index (χ1) is 18.9. The topological polar surface area (TPSA) is 66.7 Å². The third kappa shape index (κ3) is 6.45. The van der Waals surface area contributed by atoms with Crippen LogP contribution in [0.2, 0.25) is 10.0 Å². The van der Waals surface area contributed by atoms with Gasteiger partial charge in [0.15, 0.2) is 0 Å². The maximum absolute atomic E-state index is 13.4. The van der Waals surface area contributed by atoms with E-state index in [0.717, 1.165) is 10.5 Å². The Hall–Kier alpha value is -3.36. The van der Waals surface area contributed by atoms with E-state index in [2.05, 4.69) is 17.0 Å². The summed E-state index contributed by atoms with van der Waals surface area (Å²) in [7, 11) is 0. The average molecular weight is 579 g/mol. The minimum Gasteiger partial charge on any atom is -0.336 e. The molecule has 9 heteroatoms. The van der Waals surface area contributed by atoms with Crippen molar-refractivity contribution in [1.82, 2.24) is 9.80 Å². The molecular weight excluding hydrogens is 553 g/mol. The first-order valence-electron chi connectivity index (χ1n) is 12.4. The first-order valence-corrected chi connectivity index (χ1v) is 14.0. The number of piperazine rings is 1. The van der Waals surface area contributed by atoms with Crippen molar-refractivity contribution in [3.63, 3.8) is 0 Å². The lowest BCUT2D eigenvalue weighted by Gasteiger charge is -2.39. The van der Waals surface area contributed by atoms with Gasteiger partial charge in [0.05, 0.1) is 15.9 Å². The maximum atomic E-state index is 13.4. The van der Waals surface area contributed by atoms with Crippen LogP contribution in [-0.2, 0) is 0 Å². The molecule has 4 aromatic carbocycles. The zero-order chi connectivity index (χ0) is 27.4. The minimum absolute atomic E-state index is 0.0320. The van der Waals surface area contributed by atoms with Crippen molar-refractivity contribution >= 4 is 46.6 Å². The summed E-state index contributed by atoms with van der Waals surface area (Å²) >= 11 is 13.5. The molecule has 1 saturated heterocycles. The SMILES string of the molecule is O=C(c1ccc(Sc2cccc(Cl)c2)c([N+](=O)[O-])c1)N1CCN(C(c2ccccc2)c2ccc(Cl)cc2)CC1. The highest BCUT2D eigenvalue weighted by molar-refractivity contribution is 7.99. The van der Waals surface area contributed by atoms with Crippen LogP contribution < -0.4 is 0 Å². The van der Waals surface area contributed by atoms with Gasteiger partial charge in [0.25, 0.3) is 11.6 Å². The van der Waals surface area contributed by atoms with Crippen molar-refractivity contribution in [3.8, 4) is 0 Å². The smallest absolute Gasteiger partial charge is 0.284 e. The highest BCUT2D eigenvalue weighted by Gasteiger charge is 2.29.